The van der Waals surface area contributed by atoms with Crippen molar-refractivity contribution in [2.24, 2.45) is 0 Å². The van der Waals surface area contributed by atoms with Gasteiger partial charge < -0.3 is 4.74 Å². The zero-order valence-corrected chi connectivity index (χ0v) is 13.9. The molecule has 0 aromatic heterocycles. The van der Waals surface area contributed by atoms with Gasteiger partial charge in [-0.3, -0.25) is 4.90 Å². The Balaban J connectivity index is 2.27. The molecule has 0 N–H and O–H groups in total. The summed E-state index contributed by atoms with van der Waals surface area (Å²) in [4.78, 5) is 14.3. The van der Waals surface area contributed by atoms with Crippen molar-refractivity contribution in [1.82, 2.24) is 4.90 Å². The number of alkyl halides is 1. The number of nitrogens with zero attached hydrogens (tertiary/aromatic N) is 1. The predicted molar refractivity (Wildman–Crippen MR) is 83.8 cm³/mol. The molecule has 1 saturated heterocycles. The highest BCUT2D eigenvalue weighted by Crippen LogP contribution is 2.43. The maximum absolute atomic E-state index is 12.5. The fourth-order valence-electron chi connectivity index (χ4n) is 2.49. The molecule has 3 nitrogen and oxygen atoms in total. The summed E-state index contributed by atoms with van der Waals surface area (Å²) in [7, 11) is 0. The van der Waals surface area contributed by atoms with Gasteiger partial charge in [-0.25, -0.2) is 4.79 Å². The molecule has 0 saturated carbocycles. The largest absolute Gasteiger partial charge is 0.444 e. The highest BCUT2D eigenvalue weighted by molar-refractivity contribution is 9.09. The van der Waals surface area contributed by atoms with E-state index in [4.69, 9.17) is 4.74 Å². The smallest absolute Gasteiger partial charge is 0.411 e. The highest BCUT2D eigenvalue weighted by Gasteiger charge is 2.42. The molecule has 0 spiro atoms. The van der Waals surface area contributed by atoms with Crippen LogP contribution in [0.3, 0.4) is 0 Å². The molecule has 0 bridgehead atoms. The van der Waals surface area contributed by atoms with E-state index in [0.29, 0.717) is 0 Å². The van der Waals surface area contributed by atoms with Gasteiger partial charge in [0.2, 0.25) is 0 Å². The number of hydrogen-bond acceptors (Lipinski definition) is 2. The number of ether oxygens (including phenoxy) is 1. The van der Waals surface area contributed by atoms with Gasteiger partial charge in [-0.2, -0.15) is 0 Å². The quantitative estimate of drug-likeness (QED) is 0.550. The number of carbonyl (C=O) groups is 1. The van der Waals surface area contributed by atoms with Gasteiger partial charge in [-0.15, -0.1) is 0 Å². The summed E-state index contributed by atoms with van der Waals surface area (Å²) in [5.41, 5.74) is 0.629. The van der Waals surface area contributed by atoms with Crippen LogP contribution in [0.4, 0.5) is 4.79 Å². The SMILES string of the molecule is CC(C)(C)OC(=O)N1CCCCC1(Br)c1ccccc1. The molecule has 1 aliphatic heterocycles. The Morgan fingerprint density at radius 2 is 1.90 bits per heavy atom. The minimum Gasteiger partial charge on any atom is -0.444 e. The standard InChI is InChI=1S/C16H22BrNO2/c1-15(2,3)20-14(19)18-12-8-7-11-16(18,17)13-9-5-4-6-10-13/h4-6,9-10H,7-8,11-12H2,1-3H3. The van der Waals surface area contributed by atoms with E-state index in [1.807, 2.05) is 43.9 Å². The van der Waals surface area contributed by atoms with Crippen LogP contribution in [-0.4, -0.2) is 23.1 Å². The number of carbonyl (C=O) groups excluding carboxylic acids is 1. The first kappa shape index (κ1) is 15.4. The number of halogens is 1. The summed E-state index contributed by atoms with van der Waals surface area (Å²) in [5.74, 6) is 0. The predicted octanol–water partition coefficient (Wildman–Crippen LogP) is 4.66. The first-order chi connectivity index (χ1) is 9.33. The van der Waals surface area contributed by atoms with E-state index >= 15 is 0 Å². The molecule has 1 aliphatic rings. The van der Waals surface area contributed by atoms with Crippen LogP contribution in [0.5, 0.6) is 0 Å². The van der Waals surface area contributed by atoms with Crippen molar-refractivity contribution in [3.63, 3.8) is 0 Å². The third-order valence-corrected chi connectivity index (χ3v) is 4.68. The van der Waals surface area contributed by atoms with Gasteiger partial charge in [0, 0.05) is 6.54 Å². The number of benzene rings is 1. The van der Waals surface area contributed by atoms with Crippen molar-refractivity contribution in [2.75, 3.05) is 6.54 Å². The maximum atomic E-state index is 12.5. The van der Waals surface area contributed by atoms with E-state index in [0.717, 1.165) is 31.4 Å². The molecule has 2 rings (SSSR count). The van der Waals surface area contributed by atoms with Crippen molar-refractivity contribution >= 4 is 22.0 Å². The lowest BCUT2D eigenvalue weighted by Gasteiger charge is -2.43. The number of piperidine rings is 1. The number of rotatable bonds is 1. The van der Waals surface area contributed by atoms with Gasteiger partial charge in [0.05, 0.1) is 0 Å². The van der Waals surface area contributed by atoms with Crippen LogP contribution in [0.15, 0.2) is 30.3 Å². The monoisotopic (exact) mass is 339 g/mol. The normalized spacial score (nSPS) is 23.5. The molecule has 4 heteroatoms. The van der Waals surface area contributed by atoms with Crippen LogP contribution in [0, 0.1) is 0 Å². The molecule has 1 unspecified atom stereocenters. The van der Waals surface area contributed by atoms with Gasteiger partial charge >= 0.3 is 6.09 Å². The Hall–Kier alpha value is -1.03. The van der Waals surface area contributed by atoms with Crippen LogP contribution >= 0.6 is 15.9 Å². The van der Waals surface area contributed by atoms with E-state index in [1.165, 1.54) is 0 Å². The van der Waals surface area contributed by atoms with Gasteiger partial charge in [-0.05, 0) is 45.6 Å². The summed E-state index contributed by atoms with van der Waals surface area (Å²) in [6, 6.07) is 10.1. The summed E-state index contributed by atoms with van der Waals surface area (Å²) >= 11 is 3.80. The van der Waals surface area contributed by atoms with Crippen LogP contribution in [0.25, 0.3) is 0 Å². The van der Waals surface area contributed by atoms with Crippen molar-refractivity contribution in [2.45, 2.75) is 50.1 Å². The second kappa shape index (κ2) is 5.76. The molecule has 1 aromatic rings. The Morgan fingerprint density at radius 1 is 1.25 bits per heavy atom. The summed E-state index contributed by atoms with van der Waals surface area (Å²) in [6.07, 6.45) is 2.76. The van der Waals surface area contributed by atoms with E-state index < -0.39 is 10.0 Å². The van der Waals surface area contributed by atoms with Crippen LogP contribution in [0.2, 0.25) is 0 Å². The first-order valence-corrected chi connectivity index (χ1v) is 7.87. The Bertz CT molecular complexity index is 469. The second-order valence-corrected chi connectivity index (χ2v) is 7.53. The molecular formula is C16H22BrNO2. The molecule has 1 heterocycles. The Kier molecular flexibility index (Phi) is 4.43. The lowest BCUT2D eigenvalue weighted by atomic mass is 9.95. The molecule has 1 atom stereocenters. The minimum atomic E-state index is -0.473. The van der Waals surface area contributed by atoms with Crippen LogP contribution < -0.4 is 0 Å². The van der Waals surface area contributed by atoms with E-state index in [9.17, 15) is 4.79 Å². The average molecular weight is 340 g/mol. The van der Waals surface area contributed by atoms with Crippen molar-refractivity contribution in [3.05, 3.63) is 35.9 Å². The third-order valence-electron chi connectivity index (χ3n) is 3.40. The Morgan fingerprint density at radius 3 is 2.50 bits per heavy atom. The zero-order valence-electron chi connectivity index (χ0n) is 12.4. The lowest BCUT2D eigenvalue weighted by molar-refractivity contribution is 0.00484. The third kappa shape index (κ3) is 3.35. The summed E-state index contributed by atoms with van der Waals surface area (Å²) in [6.45, 7) is 6.41. The maximum Gasteiger partial charge on any atom is 0.411 e. The fraction of sp³-hybridized carbons (Fsp3) is 0.562. The summed E-state index contributed by atoms with van der Waals surface area (Å²) in [5, 5.41) is 0. The molecule has 1 fully saturated rings. The van der Waals surface area contributed by atoms with Gasteiger partial charge in [0.15, 0.2) is 0 Å². The minimum absolute atomic E-state index is 0.252. The van der Waals surface area contributed by atoms with E-state index in [2.05, 4.69) is 28.1 Å². The zero-order chi connectivity index (χ0) is 14.8. The molecule has 1 amide bonds. The fourth-order valence-corrected chi connectivity index (χ4v) is 3.35. The van der Waals surface area contributed by atoms with Gasteiger partial charge in [-0.1, -0.05) is 46.3 Å². The number of likely N-dealkylation sites (tertiary alicyclic amines) is 1. The van der Waals surface area contributed by atoms with E-state index in [-0.39, 0.29) is 6.09 Å². The molecular weight excluding hydrogens is 318 g/mol. The average Bonchev–Trinajstić information content (AvgIpc) is 2.38. The second-order valence-electron chi connectivity index (χ2n) is 6.21. The topological polar surface area (TPSA) is 29.5 Å². The van der Waals surface area contributed by atoms with Crippen molar-refractivity contribution < 1.29 is 9.53 Å². The Labute approximate surface area is 129 Å². The van der Waals surface area contributed by atoms with Gasteiger partial charge in [0.25, 0.3) is 0 Å². The first-order valence-electron chi connectivity index (χ1n) is 7.08. The molecule has 0 aliphatic carbocycles. The van der Waals surface area contributed by atoms with Gasteiger partial charge in [0.1, 0.15) is 10.0 Å². The molecule has 20 heavy (non-hydrogen) atoms. The molecule has 1 aromatic carbocycles. The molecule has 110 valence electrons. The number of hydrogen-bond donors (Lipinski definition) is 0. The van der Waals surface area contributed by atoms with E-state index in [1.54, 1.807) is 0 Å². The number of amides is 1. The lowest BCUT2D eigenvalue weighted by Crippen LogP contribution is -2.50. The van der Waals surface area contributed by atoms with Crippen LogP contribution in [0.1, 0.15) is 45.6 Å². The van der Waals surface area contributed by atoms with Crippen LogP contribution in [-0.2, 0) is 9.19 Å². The summed E-state index contributed by atoms with van der Waals surface area (Å²) < 4.78 is 5.10. The molecule has 0 radical (unpaired) electrons. The van der Waals surface area contributed by atoms with Crippen molar-refractivity contribution in [1.29, 1.82) is 0 Å². The van der Waals surface area contributed by atoms with Crippen molar-refractivity contribution in [3.8, 4) is 0 Å². The highest BCUT2D eigenvalue weighted by atomic mass is 79.9.